The number of hydrogen-bond acceptors (Lipinski definition) is 5. The van der Waals surface area contributed by atoms with Gasteiger partial charge in [0.25, 0.3) is 0 Å². The van der Waals surface area contributed by atoms with Crippen LogP contribution in [0, 0.1) is 0 Å². The monoisotopic (exact) mass is 180 g/mol. The zero-order valence-electron chi connectivity index (χ0n) is 6.66. The van der Waals surface area contributed by atoms with Crippen molar-refractivity contribution in [2.45, 2.75) is 6.54 Å². The number of anilines is 1. The van der Waals surface area contributed by atoms with E-state index in [1.54, 1.807) is 0 Å². The van der Waals surface area contributed by atoms with Gasteiger partial charge in [0.15, 0.2) is 5.65 Å². The first-order chi connectivity index (χ1) is 6.20. The largest absolute Gasteiger partial charge is 0.383 e. The second kappa shape index (κ2) is 2.56. The average molecular weight is 180 g/mol. The van der Waals surface area contributed by atoms with Gasteiger partial charge in [-0.1, -0.05) is 0 Å². The van der Waals surface area contributed by atoms with Gasteiger partial charge in [-0.15, -0.1) is 0 Å². The standard InChI is InChI=1S/C6H8N6O/c7-1-2-9-3-4(8)11-6(13)12-5(3)10-2/h1,7H2,(H4,8,9,10,11,12,13). The van der Waals surface area contributed by atoms with Crippen molar-refractivity contribution < 1.29 is 0 Å². The second-order valence-corrected chi connectivity index (χ2v) is 2.54. The highest BCUT2D eigenvalue weighted by Crippen LogP contribution is 2.10. The normalized spacial score (nSPS) is 10.8. The summed E-state index contributed by atoms with van der Waals surface area (Å²) in [5.41, 5.74) is 11.2. The number of H-pyrrole nitrogens is 2. The molecule has 0 amide bonds. The summed E-state index contributed by atoms with van der Waals surface area (Å²) in [4.78, 5) is 23.6. The molecule has 68 valence electrons. The maximum atomic E-state index is 10.9. The molecule has 0 radical (unpaired) electrons. The van der Waals surface area contributed by atoms with E-state index < -0.39 is 5.69 Å². The number of nitrogens with one attached hydrogen (secondary N) is 2. The lowest BCUT2D eigenvalue weighted by atomic mass is 10.5. The minimum absolute atomic E-state index is 0.224. The van der Waals surface area contributed by atoms with Crippen LogP contribution in [-0.4, -0.2) is 19.9 Å². The maximum absolute atomic E-state index is 10.9. The lowest BCUT2D eigenvalue weighted by molar-refractivity contribution is 0.956. The molecule has 2 aromatic heterocycles. The van der Waals surface area contributed by atoms with E-state index in [-0.39, 0.29) is 12.4 Å². The molecule has 7 heteroatoms. The van der Waals surface area contributed by atoms with Crippen LogP contribution >= 0.6 is 0 Å². The van der Waals surface area contributed by atoms with Gasteiger partial charge in [-0.3, -0.25) is 4.98 Å². The molecule has 0 fully saturated rings. The number of rotatable bonds is 1. The zero-order chi connectivity index (χ0) is 9.42. The highest BCUT2D eigenvalue weighted by atomic mass is 16.1. The lowest BCUT2D eigenvalue weighted by Gasteiger charge is -1.91. The van der Waals surface area contributed by atoms with Crippen LogP contribution in [0.3, 0.4) is 0 Å². The molecule has 13 heavy (non-hydrogen) atoms. The fraction of sp³-hybridized carbons (Fsp3) is 0.167. The van der Waals surface area contributed by atoms with Gasteiger partial charge in [-0.05, 0) is 0 Å². The topological polar surface area (TPSA) is 126 Å². The molecule has 0 aliphatic heterocycles. The molecule has 7 nitrogen and oxygen atoms in total. The molecule has 0 aliphatic rings. The molecule has 0 aliphatic carbocycles. The molecule has 6 N–H and O–H groups in total. The van der Waals surface area contributed by atoms with E-state index >= 15 is 0 Å². The SMILES string of the molecule is NCc1nc2nc(=O)[nH]c(N)c2[nH]1. The Labute approximate surface area is 72.2 Å². The third-order valence-corrected chi connectivity index (χ3v) is 1.65. The van der Waals surface area contributed by atoms with Crippen molar-refractivity contribution in [2.75, 3.05) is 5.73 Å². The number of nitrogen functional groups attached to an aromatic ring is 1. The maximum Gasteiger partial charge on any atom is 0.348 e. The predicted molar refractivity (Wildman–Crippen MR) is 46.8 cm³/mol. The van der Waals surface area contributed by atoms with E-state index in [1.807, 2.05) is 0 Å². The Balaban J connectivity index is 2.83. The Hall–Kier alpha value is -1.89. The summed E-state index contributed by atoms with van der Waals surface area (Å²) >= 11 is 0. The second-order valence-electron chi connectivity index (χ2n) is 2.54. The van der Waals surface area contributed by atoms with Crippen molar-refractivity contribution in [1.82, 2.24) is 19.9 Å². The van der Waals surface area contributed by atoms with Crippen LogP contribution in [0.25, 0.3) is 11.2 Å². The van der Waals surface area contributed by atoms with Gasteiger partial charge in [0.05, 0.1) is 6.54 Å². The molecular weight excluding hydrogens is 172 g/mol. The first-order valence-corrected chi connectivity index (χ1v) is 3.65. The summed E-state index contributed by atoms with van der Waals surface area (Å²) in [5.74, 6) is 0.774. The van der Waals surface area contributed by atoms with Gasteiger partial charge in [0, 0.05) is 0 Å². The first kappa shape index (κ1) is 7.74. The summed E-state index contributed by atoms with van der Waals surface area (Å²) in [6.45, 7) is 0.254. The van der Waals surface area contributed by atoms with Crippen LogP contribution in [0.15, 0.2) is 4.79 Å². The van der Waals surface area contributed by atoms with E-state index in [0.29, 0.717) is 17.0 Å². The van der Waals surface area contributed by atoms with Gasteiger partial charge in [0.1, 0.15) is 17.2 Å². The number of aromatic nitrogens is 4. The molecule has 0 bridgehead atoms. The average Bonchev–Trinajstić information content (AvgIpc) is 2.47. The molecule has 2 heterocycles. The highest BCUT2D eigenvalue weighted by molar-refractivity contribution is 5.80. The number of imidazole rings is 1. The van der Waals surface area contributed by atoms with Crippen molar-refractivity contribution in [3.63, 3.8) is 0 Å². The van der Waals surface area contributed by atoms with E-state index in [0.717, 1.165) is 0 Å². The predicted octanol–water partition coefficient (Wildman–Crippen LogP) is -1.31. The quantitative estimate of drug-likeness (QED) is 0.433. The lowest BCUT2D eigenvalue weighted by Crippen LogP contribution is -2.12. The van der Waals surface area contributed by atoms with Gasteiger partial charge in [-0.25, -0.2) is 9.78 Å². The van der Waals surface area contributed by atoms with Crippen LogP contribution in [0.1, 0.15) is 5.82 Å². The van der Waals surface area contributed by atoms with E-state index in [1.165, 1.54) is 0 Å². The molecule has 0 aromatic carbocycles. The van der Waals surface area contributed by atoms with Gasteiger partial charge in [0.2, 0.25) is 0 Å². The zero-order valence-corrected chi connectivity index (χ0v) is 6.66. The third kappa shape index (κ3) is 1.14. The Bertz CT molecular complexity index is 497. The first-order valence-electron chi connectivity index (χ1n) is 3.65. The van der Waals surface area contributed by atoms with Crippen molar-refractivity contribution >= 4 is 17.0 Å². The Kier molecular flexibility index (Phi) is 1.52. The Morgan fingerprint density at radius 2 is 2.08 bits per heavy atom. The number of nitrogens with two attached hydrogens (primary N) is 2. The fourth-order valence-electron chi connectivity index (χ4n) is 1.08. The van der Waals surface area contributed by atoms with Crippen molar-refractivity contribution in [3.05, 3.63) is 16.3 Å². The van der Waals surface area contributed by atoms with Crippen LogP contribution < -0.4 is 17.2 Å². The minimum atomic E-state index is -0.514. The van der Waals surface area contributed by atoms with Crippen molar-refractivity contribution in [2.24, 2.45) is 5.73 Å². The Morgan fingerprint density at radius 1 is 1.31 bits per heavy atom. The highest BCUT2D eigenvalue weighted by Gasteiger charge is 2.06. The Morgan fingerprint density at radius 3 is 2.77 bits per heavy atom. The van der Waals surface area contributed by atoms with Crippen molar-refractivity contribution in [3.8, 4) is 0 Å². The van der Waals surface area contributed by atoms with E-state index in [2.05, 4.69) is 19.9 Å². The molecule has 0 saturated carbocycles. The molecule has 2 aromatic rings. The summed E-state index contributed by atoms with van der Waals surface area (Å²) in [6, 6.07) is 0. The molecule has 0 unspecified atom stereocenters. The molecule has 0 atom stereocenters. The van der Waals surface area contributed by atoms with Gasteiger partial charge >= 0.3 is 5.69 Å². The molecular formula is C6H8N6O. The smallest absolute Gasteiger partial charge is 0.348 e. The molecule has 0 saturated heterocycles. The number of aromatic amines is 2. The van der Waals surface area contributed by atoms with Crippen molar-refractivity contribution in [1.29, 1.82) is 0 Å². The van der Waals surface area contributed by atoms with Crippen LogP contribution in [0.2, 0.25) is 0 Å². The van der Waals surface area contributed by atoms with Gasteiger partial charge in [-0.2, -0.15) is 4.98 Å². The third-order valence-electron chi connectivity index (χ3n) is 1.65. The molecule has 0 spiro atoms. The minimum Gasteiger partial charge on any atom is -0.383 e. The van der Waals surface area contributed by atoms with Crippen LogP contribution in [-0.2, 0) is 6.54 Å². The molecule has 2 rings (SSSR count). The fourth-order valence-corrected chi connectivity index (χ4v) is 1.08. The van der Waals surface area contributed by atoms with E-state index in [4.69, 9.17) is 11.5 Å². The van der Waals surface area contributed by atoms with E-state index in [9.17, 15) is 4.79 Å². The summed E-state index contributed by atoms with van der Waals surface area (Å²) in [6.07, 6.45) is 0. The number of nitrogens with zero attached hydrogens (tertiary/aromatic N) is 2. The number of hydrogen-bond donors (Lipinski definition) is 4. The van der Waals surface area contributed by atoms with Crippen LogP contribution in [0.4, 0.5) is 5.82 Å². The summed E-state index contributed by atoms with van der Waals surface area (Å²) in [7, 11) is 0. The number of fused-ring (bicyclic) bond motifs is 1. The summed E-state index contributed by atoms with van der Waals surface area (Å²) < 4.78 is 0. The van der Waals surface area contributed by atoms with Crippen LogP contribution in [0.5, 0.6) is 0 Å². The van der Waals surface area contributed by atoms with Gasteiger partial charge < -0.3 is 16.5 Å². The summed E-state index contributed by atoms with van der Waals surface area (Å²) in [5, 5.41) is 0.